The summed E-state index contributed by atoms with van der Waals surface area (Å²) in [5.41, 5.74) is 0. The van der Waals surface area contributed by atoms with Gasteiger partial charge in [-0.1, -0.05) is 13.3 Å². The van der Waals surface area contributed by atoms with Crippen molar-refractivity contribution < 1.29 is 0 Å². The number of halogens is 1. The normalized spacial score (nSPS) is 24.6. The van der Waals surface area contributed by atoms with Crippen LogP contribution in [0.2, 0.25) is 0 Å². The third-order valence-corrected chi connectivity index (χ3v) is 3.63. The second-order valence-electron chi connectivity index (χ2n) is 4.53. The molecule has 0 N–H and O–H groups in total. The Balaban J connectivity index is 2.11. The molecule has 2 nitrogen and oxygen atoms in total. The Morgan fingerprint density at radius 2 is 2.00 bits per heavy atom. The van der Waals surface area contributed by atoms with E-state index in [1.54, 1.807) is 0 Å². The zero-order valence-corrected chi connectivity index (χ0v) is 11.0. The second-order valence-corrected chi connectivity index (χ2v) is 4.91. The fraction of sp³-hybridized carbons (Fsp3) is 1.00. The number of hydrogen-bond donors (Lipinski definition) is 0. The van der Waals surface area contributed by atoms with Gasteiger partial charge in [-0.05, 0) is 32.9 Å². The highest BCUT2D eigenvalue weighted by Gasteiger charge is 2.21. The molecule has 0 bridgehead atoms. The van der Waals surface area contributed by atoms with E-state index >= 15 is 0 Å². The van der Waals surface area contributed by atoms with Crippen LogP contribution in [-0.4, -0.2) is 54.4 Å². The molecule has 1 aliphatic rings. The number of alkyl halides is 1. The van der Waals surface area contributed by atoms with E-state index in [2.05, 4.69) is 23.6 Å². The minimum Gasteiger partial charge on any atom is -0.301 e. The van der Waals surface area contributed by atoms with Crippen molar-refractivity contribution in [2.24, 2.45) is 0 Å². The van der Waals surface area contributed by atoms with E-state index in [0.29, 0.717) is 0 Å². The lowest BCUT2D eigenvalue weighted by atomic mass is 10.1. The first-order chi connectivity index (χ1) is 7.27. The average Bonchev–Trinajstić information content (AvgIpc) is 2.25. The van der Waals surface area contributed by atoms with Crippen LogP contribution in [0.15, 0.2) is 0 Å². The molecule has 0 radical (unpaired) electrons. The van der Waals surface area contributed by atoms with E-state index in [1.807, 2.05) is 0 Å². The maximum Gasteiger partial charge on any atom is 0.0223 e. The molecule has 0 aromatic carbocycles. The predicted molar refractivity (Wildman–Crippen MR) is 67.7 cm³/mol. The molecule has 3 heteroatoms. The second kappa shape index (κ2) is 7.48. The van der Waals surface area contributed by atoms with Crippen LogP contribution in [0, 0.1) is 0 Å². The maximum atomic E-state index is 5.66. The summed E-state index contributed by atoms with van der Waals surface area (Å²) in [4.78, 5) is 5.17. The van der Waals surface area contributed by atoms with Gasteiger partial charge in [0.25, 0.3) is 0 Å². The van der Waals surface area contributed by atoms with Gasteiger partial charge >= 0.3 is 0 Å². The van der Waals surface area contributed by atoms with Crippen molar-refractivity contribution in [1.29, 1.82) is 0 Å². The molecule has 1 heterocycles. The van der Waals surface area contributed by atoms with Crippen LogP contribution in [0.3, 0.4) is 0 Å². The van der Waals surface area contributed by atoms with Gasteiger partial charge in [-0.3, -0.25) is 4.90 Å². The summed E-state index contributed by atoms with van der Waals surface area (Å²) in [5.74, 6) is 0.819. The molecular weight excluding hydrogens is 208 g/mol. The van der Waals surface area contributed by atoms with E-state index in [4.69, 9.17) is 11.6 Å². The predicted octanol–water partition coefficient (Wildman–Crippen LogP) is 2.42. The van der Waals surface area contributed by atoms with Crippen molar-refractivity contribution in [3.05, 3.63) is 0 Å². The van der Waals surface area contributed by atoms with Crippen LogP contribution in [0.1, 0.15) is 33.1 Å². The Morgan fingerprint density at radius 3 is 2.60 bits per heavy atom. The van der Waals surface area contributed by atoms with Crippen molar-refractivity contribution in [1.82, 2.24) is 9.80 Å². The third-order valence-electron chi connectivity index (χ3n) is 3.36. The molecule has 0 amide bonds. The fourth-order valence-electron chi connectivity index (χ4n) is 2.35. The molecule has 0 saturated carbocycles. The summed E-state index contributed by atoms with van der Waals surface area (Å²) >= 11 is 5.66. The van der Waals surface area contributed by atoms with Crippen LogP contribution in [0.4, 0.5) is 0 Å². The highest BCUT2D eigenvalue weighted by Crippen LogP contribution is 2.10. The first kappa shape index (κ1) is 13.3. The number of hydrogen-bond acceptors (Lipinski definition) is 2. The molecular formula is C12H25ClN2. The zero-order valence-electron chi connectivity index (χ0n) is 10.2. The Labute approximate surface area is 99.6 Å². The summed E-state index contributed by atoms with van der Waals surface area (Å²) < 4.78 is 0. The molecule has 1 aliphatic heterocycles. The molecule has 90 valence electrons. The minimum atomic E-state index is 0.733. The number of likely N-dealkylation sites (N-methyl/N-ethyl adjacent to an activating group) is 1. The Morgan fingerprint density at radius 1 is 1.20 bits per heavy atom. The molecule has 0 spiro atoms. The van der Waals surface area contributed by atoms with Crippen LogP contribution >= 0.6 is 11.6 Å². The van der Waals surface area contributed by atoms with Crippen molar-refractivity contribution in [3.8, 4) is 0 Å². The van der Waals surface area contributed by atoms with E-state index in [-0.39, 0.29) is 0 Å². The number of piperazine rings is 1. The van der Waals surface area contributed by atoms with E-state index in [9.17, 15) is 0 Å². The highest BCUT2D eigenvalue weighted by atomic mass is 35.5. The monoisotopic (exact) mass is 232 g/mol. The highest BCUT2D eigenvalue weighted by molar-refractivity contribution is 6.17. The van der Waals surface area contributed by atoms with Gasteiger partial charge < -0.3 is 4.90 Å². The summed E-state index contributed by atoms with van der Waals surface area (Å²) in [6.45, 7) is 10.8. The lowest BCUT2D eigenvalue weighted by Crippen LogP contribution is -2.51. The van der Waals surface area contributed by atoms with E-state index < -0.39 is 0 Å². The first-order valence-electron chi connectivity index (χ1n) is 6.30. The summed E-state index contributed by atoms with van der Waals surface area (Å²) in [7, 11) is 0. The molecule has 1 saturated heterocycles. The van der Waals surface area contributed by atoms with Gasteiger partial charge in [0.15, 0.2) is 0 Å². The fourth-order valence-corrected chi connectivity index (χ4v) is 2.54. The molecule has 1 fully saturated rings. The van der Waals surface area contributed by atoms with Crippen molar-refractivity contribution in [2.75, 3.05) is 38.6 Å². The van der Waals surface area contributed by atoms with Gasteiger partial charge in [0, 0.05) is 31.6 Å². The number of unbranched alkanes of at least 4 members (excludes halogenated alkanes) is 2. The maximum absolute atomic E-state index is 5.66. The Bertz CT molecular complexity index is 164. The molecule has 1 rings (SSSR count). The van der Waals surface area contributed by atoms with Crippen molar-refractivity contribution >= 4 is 11.6 Å². The van der Waals surface area contributed by atoms with Crippen LogP contribution in [0.5, 0.6) is 0 Å². The Hall–Kier alpha value is 0.210. The van der Waals surface area contributed by atoms with E-state index in [1.165, 1.54) is 52.0 Å². The third kappa shape index (κ3) is 4.71. The van der Waals surface area contributed by atoms with Crippen molar-refractivity contribution in [2.45, 2.75) is 39.2 Å². The zero-order chi connectivity index (χ0) is 11.1. The van der Waals surface area contributed by atoms with Gasteiger partial charge in [-0.25, -0.2) is 0 Å². The minimum absolute atomic E-state index is 0.733. The Kier molecular flexibility index (Phi) is 6.62. The van der Waals surface area contributed by atoms with Gasteiger partial charge in [0.2, 0.25) is 0 Å². The largest absolute Gasteiger partial charge is 0.301 e. The van der Waals surface area contributed by atoms with Crippen LogP contribution in [0.25, 0.3) is 0 Å². The van der Waals surface area contributed by atoms with Crippen LogP contribution in [-0.2, 0) is 0 Å². The summed E-state index contributed by atoms with van der Waals surface area (Å²) in [6.07, 6.45) is 3.77. The molecule has 0 aromatic heterocycles. The number of nitrogens with zero attached hydrogens (tertiary/aromatic N) is 2. The van der Waals surface area contributed by atoms with Gasteiger partial charge in [0.1, 0.15) is 0 Å². The molecule has 15 heavy (non-hydrogen) atoms. The van der Waals surface area contributed by atoms with Gasteiger partial charge in [0.05, 0.1) is 0 Å². The quantitative estimate of drug-likeness (QED) is 0.513. The van der Waals surface area contributed by atoms with Crippen LogP contribution < -0.4 is 0 Å². The lowest BCUT2D eigenvalue weighted by molar-refractivity contribution is 0.0870. The van der Waals surface area contributed by atoms with Gasteiger partial charge in [-0.15, -0.1) is 11.6 Å². The molecule has 0 aromatic rings. The first-order valence-corrected chi connectivity index (χ1v) is 6.83. The van der Waals surface area contributed by atoms with Crippen molar-refractivity contribution in [3.63, 3.8) is 0 Å². The SMILES string of the molecule is CCN1CCN(CCCCCCl)CC1C. The standard InChI is InChI=1S/C12H25ClN2/c1-3-15-10-9-14(11-12(15)2)8-6-4-5-7-13/h12H,3-11H2,1-2H3. The molecule has 1 unspecified atom stereocenters. The lowest BCUT2D eigenvalue weighted by Gasteiger charge is -2.39. The molecule has 1 atom stereocenters. The summed E-state index contributed by atoms with van der Waals surface area (Å²) in [6, 6.07) is 0.733. The summed E-state index contributed by atoms with van der Waals surface area (Å²) in [5, 5.41) is 0. The number of rotatable bonds is 6. The average molecular weight is 233 g/mol. The molecule has 0 aliphatic carbocycles. The topological polar surface area (TPSA) is 6.48 Å². The van der Waals surface area contributed by atoms with Gasteiger partial charge in [-0.2, -0.15) is 0 Å². The smallest absolute Gasteiger partial charge is 0.0223 e. The van der Waals surface area contributed by atoms with E-state index in [0.717, 1.165) is 11.9 Å².